The van der Waals surface area contributed by atoms with E-state index in [-0.39, 0.29) is 6.04 Å². The van der Waals surface area contributed by atoms with E-state index in [4.69, 9.17) is 17.3 Å². The van der Waals surface area contributed by atoms with Gasteiger partial charge in [0.05, 0.1) is 5.02 Å². The smallest absolute Gasteiger partial charge is 0.0561 e. The number of thiophene rings is 1. The van der Waals surface area contributed by atoms with Gasteiger partial charge in [-0.1, -0.05) is 25.4 Å². The predicted molar refractivity (Wildman–Crippen MR) is 72.0 cm³/mol. The lowest BCUT2D eigenvalue weighted by atomic mass is 9.71. The minimum Gasteiger partial charge on any atom is -0.323 e. The highest BCUT2D eigenvalue weighted by Crippen LogP contribution is 2.43. The van der Waals surface area contributed by atoms with Gasteiger partial charge in [-0.05, 0) is 48.5 Å². The van der Waals surface area contributed by atoms with Crippen LogP contribution in [0.5, 0.6) is 0 Å². The maximum absolute atomic E-state index is 6.33. The summed E-state index contributed by atoms with van der Waals surface area (Å²) in [7, 11) is 0. The molecule has 0 aliphatic heterocycles. The van der Waals surface area contributed by atoms with Gasteiger partial charge in [-0.3, -0.25) is 0 Å². The third-order valence-corrected chi connectivity index (χ3v) is 5.30. The summed E-state index contributed by atoms with van der Waals surface area (Å²) in [6.45, 7) is 4.71. The standard InChI is InChI=1S/C13H20ClNS/c1-13(2)6-3-9(4-7-13)11(15)12-10(14)5-8-16-12/h5,8-9,11H,3-4,6-7,15H2,1-2H3. The quantitative estimate of drug-likeness (QED) is 0.822. The molecule has 1 saturated carbocycles. The molecule has 2 N–H and O–H groups in total. The zero-order valence-electron chi connectivity index (χ0n) is 10.0. The topological polar surface area (TPSA) is 26.0 Å². The summed E-state index contributed by atoms with van der Waals surface area (Å²) in [5.41, 5.74) is 6.84. The second-order valence-electron chi connectivity index (χ2n) is 5.66. The Hall–Kier alpha value is -0.0500. The van der Waals surface area contributed by atoms with Gasteiger partial charge in [-0.25, -0.2) is 0 Å². The van der Waals surface area contributed by atoms with Crippen molar-refractivity contribution in [2.75, 3.05) is 0 Å². The number of hydrogen-bond donors (Lipinski definition) is 1. The van der Waals surface area contributed by atoms with Crippen molar-refractivity contribution in [1.82, 2.24) is 0 Å². The molecular weight excluding hydrogens is 238 g/mol. The van der Waals surface area contributed by atoms with E-state index in [9.17, 15) is 0 Å². The average molecular weight is 258 g/mol. The fourth-order valence-corrected chi connectivity index (χ4v) is 3.82. The molecule has 0 aromatic carbocycles. The zero-order chi connectivity index (χ0) is 11.8. The minimum absolute atomic E-state index is 0.142. The summed E-state index contributed by atoms with van der Waals surface area (Å²) in [6.07, 6.45) is 5.05. The first-order valence-electron chi connectivity index (χ1n) is 5.98. The fourth-order valence-electron chi connectivity index (χ4n) is 2.54. The molecular formula is C13H20ClNS. The molecule has 1 nitrogen and oxygen atoms in total. The van der Waals surface area contributed by atoms with E-state index in [0.29, 0.717) is 11.3 Å². The van der Waals surface area contributed by atoms with Gasteiger partial charge in [0.2, 0.25) is 0 Å². The van der Waals surface area contributed by atoms with Gasteiger partial charge < -0.3 is 5.73 Å². The molecule has 1 aromatic heterocycles. The molecule has 0 saturated heterocycles. The second kappa shape index (κ2) is 4.67. The lowest BCUT2D eigenvalue weighted by Gasteiger charge is -2.36. The van der Waals surface area contributed by atoms with Crippen molar-refractivity contribution in [2.45, 2.75) is 45.6 Å². The molecule has 2 rings (SSSR count). The predicted octanol–water partition coefficient (Wildman–Crippen LogP) is 4.62. The average Bonchev–Trinajstić information content (AvgIpc) is 2.63. The minimum atomic E-state index is 0.142. The van der Waals surface area contributed by atoms with E-state index in [2.05, 4.69) is 13.8 Å². The van der Waals surface area contributed by atoms with Gasteiger partial charge in [-0.2, -0.15) is 0 Å². The van der Waals surface area contributed by atoms with Crippen LogP contribution in [0.4, 0.5) is 0 Å². The van der Waals surface area contributed by atoms with Crippen LogP contribution in [0.2, 0.25) is 5.02 Å². The summed E-state index contributed by atoms with van der Waals surface area (Å²) in [5.74, 6) is 0.615. The van der Waals surface area contributed by atoms with Gasteiger partial charge in [-0.15, -0.1) is 11.3 Å². The van der Waals surface area contributed by atoms with Crippen molar-refractivity contribution in [1.29, 1.82) is 0 Å². The fraction of sp³-hybridized carbons (Fsp3) is 0.692. The third-order valence-electron chi connectivity index (χ3n) is 3.84. The molecule has 3 heteroatoms. The highest BCUT2D eigenvalue weighted by atomic mass is 35.5. The summed E-state index contributed by atoms with van der Waals surface area (Å²) in [5, 5.41) is 2.88. The zero-order valence-corrected chi connectivity index (χ0v) is 11.6. The molecule has 1 aromatic rings. The Kier molecular flexibility index (Phi) is 3.62. The van der Waals surface area contributed by atoms with Crippen LogP contribution in [0.1, 0.15) is 50.4 Å². The van der Waals surface area contributed by atoms with Gasteiger partial charge in [0.1, 0.15) is 0 Å². The van der Waals surface area contributed by atoms with Crippen LogP contribution in [0.3, 0.4) is 0 Å². The molecule has 16 heavy (non-hydrogen) atoms. The van der Waals surface area contributed by atoms with Gasteiger partial charge >= 0.3 is 0 Å². The van der Waals surface area contributed by atoms with E-state index in [1.54, 1.807) is 11.3 Å². The van der Waals surface area contributed by atoms with Crippen molar-refractivity contribution in [3.8, 4) is 0 Å². The molecule has 1 fully saturated rings. The van der Waals surface area contributed by atoms with Gasteiger partial charge in [0, 0.05) is 10.9 Å². The van der Waals surface area contributed by atoms with Crippen LogP contribution in [0.25, 0.3) is 0 Å². The second-order valence-corrected chi connectivity index (χ2v) is 7.02. The Labute approximate surface area is 107 Å². The highest BCUT2D eigenvalue weighted by molar-refractivity contribution is 7.10. The number of nitrogens with two attached hydrogens (primary N) is 1. The van der Waals surface area contributed by atoms with Gasteiger partial charge in [0.25, 0.3) is 0 Å². The molecule has 0 bridgehead atoms. The Morgan fingerprint density at radius 3 is 2.56 bits per heavy atom. The van der Waals surface area contributed by atoms with Crippen molar-refractivity contribution in [3.63, 3.8) is 0 Å². The first-order valence-corrected chi connectivity index (χ1v) is 7.24. The SMILES string of the molecule is CC1(C)CCC(C(N)c2sccc2Cl)CC1. The number of halogens is 1. The van der Waals surface area contributed by atoms with Crippen molar-refractivity contribution >= 4 is 22.9 Å². The lowest BCUT2D eigenvalue weighted by Crippen LogP contribution is -2.28. The Balaban J connectivity index is 2.02. The summed E-state index contributed by atoms with van der Waals surface area (Å²) in [6, 6.07) is 2.09. The monoisotopic (exact) mass is 257 g/mol. The number of hydrogen-bond acceptors (Lipinski definition) is 2. The maximum Gasteiger partial charge on any atom is 0.0561 e. The first-order chi connectivity index (χ1) is 7.49. The van der Waals surface area contributed by atoms with Crippen LogP contribution in [-0.4, -0.2) is 0 Å². The van der Waals surface area contributed by atoms with E-state index in [1.807, 2.05) is 11.4 Å². The van der Waals surface area contributed by atoms with Crippen LogP contribution in [0, 0.1) is 11.3 Å². The molecule has 0 amide bonds. The Bertz CT molecular complexity index is 349. The van der Waals surface area contributed by atoms with Crippen LogP contribution < -0.4 is 5.73 Å². The van der Waals surface area contributed by atoms with E-state index < -0.39 is 0 Å². The molecule has 1 atom stereocenters. The molecule has 0 spiro atoms. The van der Waals surface area contributed by atoms with Crippen molar-refractivity contribution in [3.05, 3.63) is 21.3 Å². The molecule has 1 aliphatic rings. The highest BCUT2D eigenvalue weighted by Gasteiger charge is 2.31. The van der Waals surface area contributed by atoms with Crippen LogP contribution in [0.15, 0.2) is 11.4 Å². The van der Waals surface area contributed by atoms with Gasteiger partial charge in [0.15, 0.2) is 0 Å². The Morgan fingerprint density at radius 1 is 1.44 bits per heavy atom. The first kappa shape index (κ1) is 12.4. The normalized spacial score (nSPS) is 23.2. The van der Waals surface area contributed by atoms with Crippen molar-refractivity contribution < 1.29 is 0 Å². The molecule has 1 heterocycles. The summed E-state index contributed by atoms with van der Waals surface area (Å²) in [4.78, 5) is 1.17. The molecule has 0 radical (unpaired) electrons. The van der Waals surface area contributed by atoms with Crippen LogP contribution >= 0.6 is 22.9 Å². The van der Waals surface area contributed by atoms with E-state index in [0.717, 1.165) is 5.02 Å². The van der Waals surface area contributed by atoms with E-state index in [1.165, 1.54) is 30.6 Å². The number of rotatable bonds is 2. The van der Waals surface area contributed by atoms with E-state index >= 15 is 0 Å². The van der Waals surface area contributed by atoms with Crippen molar-refractivity contribution in [2.24, 2.45) is 17.1 Å². The molecule has 90 valence electrons. The molecule has 1 aliphatic carbocycles. The largest absolute Gasteiger partial charge is 0.323 e. The molecule has 1 unspecified atom stereocenters. The third kappa shape index (κ3) is 2.61. The summed E-state index contributed by atoms with van der Waals surface area (Å²) < 4.78 is 0. The Morgan fingerprint density at radius 2 is 2.06 bits per heavy atom. The maximum atomic E-state index is 6.33. The summed E-state index contributed by atoms with van der Waals surface area (Å²) >= 11 is 7.83. The lowest BCUT2D eigenvalue weighted by molar-refractivity contribution is 0.174. The van der Waals surface area contributed by atoms with Crippen LogP contribution in [-0.2, 0) is 0 Å².